The Bertz CT molecular complexity index is 619. The second-order valence-electron chi connectivity index (χ2n) is 5.18. The van der Waals surface area contributed by atoms with Crippen LogP contribution in [0.5, 0.6) is 0 Å². The lowest BCUT2D eigenvalue weighted by Gasteiger charge is -2.24. The molecule has 2 aromatic rings. The average molecular weight is 241 g/mol. The molecule has 3 nitrogen and oxygen atoms in total. The second-order valence-corrected chi connectivity index (χ2v) is 5.18. The number of amides is 1. The minimum atomic E-state index is -0.514. The number of carbonyl (C=O) groups excluding carboxylic acids is 1. The topological polar surface area (TPSA) is 38.3 Å². The molecule has 1 heterocycles. The Hall–Kier alpha value is -2.03. The third-order valence-corrected chi connectivity index (χ3v) is 3.42. The highest BCUT2D eigenvalue weighted by atomic mass is 16.6. The first-order valence-electron chi connectivity index (χ1n) is 6.04. The molecule has 2 aromatic carbocycles. The Labute approximate surface area is 106 Å². The Balaban J connectivity index is 2.07. The van der Waals surface area contributed by atoms with Gasteiger partial charge in [0.15, 0.2) is 0 Å². The Morgan fingerprint density at radius 1 is 1.11 bits per heavy atom. The molecule has 1 saturated heterocycles. The number of hydrogen-bond acceptors (Lipinski definition) is 2. The number of rotatable bonds is 1. The van der Waals surface area contributed by atoms with Crippen LogP contribution in [0.4, 0.5) is 4.79 Å². The first-order chi connectivity index (χ1) is 8.56. The van der Waals surface area contributed by atoms with Gasteiger partial charge in [-0.2, -0.15) is 0 Å². The molecule has 0 aliphatic carbocycles. The van der Waals surface area contributed by atoms with E-state index in [1.54, 1.807) is 0 Å². The van der Waals surface area contributed by atoms with Gasteiger partial charge >= 0.3 is 6.09 Å². The molecular weight excluding hydrogens is 226 g/mol. The van der Waals surface area contributed by atoms with Crippen LogP contribution < -0.4 is 5.32 Å². The summed E-state index contributed by atoms with van der Waals surface area (Å²) in [5.74, 6) is 0. The smallest absolute Gasteiger partial charge is 0.408 e. The molecule has 1 fully saturated rings. The molecule has 0 radical (unpaired) electrons. The van der Waals surface area contributed by atoms with Gasteiger partial charge in [0.05, 0.1) is 6.04 Å². The largest absolute Gasteiger partial charge is 0.441 e. The van der Waals surface area contributed by atoms with Crippen LogP contribution in [0.1, 0.15) is 25.5 Å². The Morgan fingerprint density at radius 3 is 2.50 bits per heavy atom. The summed E-state index contributed by atoms with van der Waals surface area (Å²) >= 11 is 0. The Morgan fingerprint density at radius 2 is 1.83 bits per heavy atom. The van der Waals surface area contributed by atoms with Gasteiger partial charge in [-0.3, -0.25) is 0 Å². The summed E-state index contributed by atoms with van der Waals surface area (Å²) in [5, 5.41) is 5.24. The number of ether oxygens (including phenoxy) is 1. The van der Waals surface area contributed by atoms with Gasteiger partial charge in [0, 0.05) is 0 Å². The third kappa shape index (κ3) is 1.72. The lowest BCUT2D eigenvalue weighted by atomic mass is 9.91. The minimum Gasteiger partial charge on any atom is -0.441 e. The molecule has 92 valence electrons. The number of fused-ring (bicyclic) bond motifs is 1. The highest BCUT2D eigenvalue weighted by Crippen LogP contribution is 2.34. The van der Waals surface area contributed by atoms with Crippen LogP contribution in [-0.2, 0) is 4.74 Å². The molecule has 3 heteroatoms. The van der Waals surface area contributed by atoms with Gasteiger partial charge in [0.1, 0.15) is 5.60 Å². The van der Waals surface area contributed by atoms with Crippen LogP contribution in [0.25, 0.3) is 10.8 Å². The van der Waals surface area contributed by atoms with E-state index in [4.69, 9.17) is 4.74 Å². The van der Waals surface area contributed by atoms with Crippen molar-refractivity contribution < 1.29 is 9.53 Å². The van der Waals surface area contributed by atoms with Crippen LogP contribution in [0.15, 0.2) is 42.5 Å². The van der Waals surface area contributed by atoms with E-state index in [-0.39, 0.29) is 12.1 Å². The Kier molecular flexibility index (Phi) is 2.30. The SMILES string of the molecule is CC1(C)OC(=O)N[C@H]1c1ccc2ccccc2c1. The maximum Gasteiger partial charge on any atom is 0.408 e. The van der Waals surface area contributed by atoms with E-state index >= 15 is 0 Å². The third-order valence-electron chi connectivity index (χ3n) is 3.42. The van der Waals surface area contributed by atoms with Crippen LogP contribution in [0.3, 0.4) is 0 Å². The zero-order valence-corrected chi connectivity index (χ0v) is 10.4. The number of alkyl carbamates (subject to hydrolysis) is 1. The monoisotopic (exact) mass is 241 g/mol. The molecule has 18 heavy (non-hydrogen) atoms. The van der Waals surface area contributed by atoms with Crippen molar-refractivity contribution in [2.24, 2.45) is 0 Å². The summed E-state index contributed by atoms with van der Waals surface area (Å²) in [5.41, 5.74) is 0.559. The molecule has 1 atom stereocenters. The van der Waals surface area contributed by atoms with Crippen LogP contribution in [-0.4, -0.2) is 11.7 Å². The molecule has 1 aliphatic heterocycles. The van der Waals surface area contributed by atoms with Crippen LogP contribution in [0.2, 0.25) is 0 Å². The number of benzene rings is 2. The number of cyclic esters (lactones) is 1. The quantitative estimate of drug-likeness (QED) is 0.831. The molecule has 1 N–H and O–H groups in total. The van der Waals surface area contributed by atoms with Gasteiger partial charge in [-0.1, -0.05) is 36.4 Å². The van der Waals surface area contributed by atoms with E-state index in [9.17, 15) is 4.79 Å². The summed E-state index contributed by atoms with van der Waals surface area (Å²) in [4.78, 5) is 11.4. The lowest BCUT2D eigenvalue weighted by Crippen LogP contribution is -2.30. The molecule has 0 bridgehead atoms. The van der Waals surface area contributed by atoms with Gasteiger partial charge in [0.2, 0.25) is 0 Å². The second kappa shape index (κ2) is 3.73. The summed E-state index contributed by atoms with van der Waals surface area (Å²) in [6.45, 7) is 3.84. The minimum absolute atomic E-state index is 0.102. The maximum absolute atomic E-state index is 11.4. The zero-order chi connectivity index (χ0) is 12.8. The average Bonchev–Trinajstić information content (AvgIpc) is 2.62. The van der Waals surface area contributed by atoms with Crippen LogP contribution in [0, 0.1) is 0 Å². The van der Waals surface area contributed by atoms with Gasteiger partial charge < -0.3 is 10.1 Å². The van der Waals surface area contributed by atoms with Gasteiger partial charge in [0.25, 0.3) is 0 Å². The molecule has 0 aromatic heterocycles. The first kappa shape index (κ1) is 11.1. The van der Waals surface area contributed by atoms with Crippen molar-refractivity contribution in [2.45, 2.75) is 25.5 Å². The number of carbonyl (C=O) groups is 1. The van der Waals surface area contributed by atoms with Crippen molar-refractivity contribution in [3.8, 4) is 0 Å². The summed E-state index contributed by atoms with van der Waals surface area (Å²) < 4.78 is 5.28. The fourth-order valence-electron chi connectivity index (χ4n) is 2.49. The van der Waals surface area contributed by atoms with E-state index in [2.05, 4.69) is 29.6 Å². The van der Waals surface area contributed by atoms with Crippen molar-refractivity contribution >= 4 is 16.9 Å². The van der Waals surface area contributed by atoms with Crippen molar-refractivity contribution in [1.82, 2.24) is 5.32 Å². The zero-order valence-electron chi connectivity index (χ0n) is 10.4. The number of nitrogens with one attached hydrogen (secondary N) is 1. The molecule has 0 spiro atoms. The molecule has 0 saturated carbocycles. The van der Waals surface area contributed by atoms with Crippen molar-refractivity contribution in [3.63, 3.8) is 0 Å². The normalized spacial score (nSPS) is 21.7. The molecule has 1 amide bonds. The summed E-state index contributed by atoms with van der Waals surface area (Å²) in [7, 11) is 0. The van der Waals surface area contributed by atoms with E-state index in [1.807, 2.05) is 32.0 Å². The highest BCUT2D eigenvalue weighted by molar-refractivity contribution is 5.83. The first-order valence-corrected chi connectivity index (χ1v) is 6.04. The van der Waals surface area contributed by atoms with Gasteiger partial charge in [-0.15, -0.1) is 0 Å². The predicted octanol–water partition coefficient (Wildman–Crippen LogP) is 3.40. The summed E-state index contributed by atoms with van der Waals surface area (Å²) in [6, 6.07) is 14.3. The van der Waals surface area contributed by atoms with Crippen molar-refractivity contribution in [1.29, 1.82) is 0 Å². The fourth-order valence-corrected chi connectivity index (χ4v) is 2.49. The standard InChI is InChI=1S/C15H15NO2/c1-15(2)13(16-14(17)18-15)12-8-7-10-5-3-4-6-11(10)9-12/h3-9,13H,1-2H3,(H,16,17)/t13-/m0/s1. The molecule has 3 rings (SSSR count). The van der Waals surface area contributed by atoms with Crippen molar-refractivity contribution in [3.05, 3.63) is 48.0 Å². The molecular formula is C15H15NO2. The predicted molar refractivity (Wildman–Crippen MR) is 70.4 cm³/mol. The van der Waals surface area contributed by atoms with Crippen LogP contribution >= 0.6 is 0 Å². The maximum atomic E-state index is 11.4. The van der Waals surface area contributed by atoms with Crippen molar-refractivity contribution in [2.75, 3.05) is 0 Å². The number of hydrogen-bond donors (Lipinski definition) is 1. The lowest BCUT2D eigenvalue weighted by molar-refractivity contribution is 0.0684. The van der Waals surface area contributed by atoms with E-state index in [0.717, 1.165) is 5.56 Å². The highest BCUT2D eigenvalue weighted by Gasteiger charge is 2.42. The van der Waals surface area contributed by atoms with Gasteiger partial charge in [-0.05, 0) is 36.2 Å². The van der Waals surface area contributed by atoms with E-state index in [1.165, 1.54) is 10.8 Å². The van der Waals surface area contributed by atoms with Gasteiger partial charge in [-0.25, -0.2) is 4.79 Å². The molecule has 0 unspecified atom stereocenters. The van der Waals surface area contributed by atoms with E-state index < -0.39 is 5.60 Å². The summed E-state index contributed by atoms with van der Waals surface area (Å²) in [6.07, 6.45) is -0.349. The molecule has 1 aliphatic rings. The van der Waals surface area contributed by atoms with E-state index in [0.29, 0.717) is 0 Å². The fraction of sp³-hybridized carbons (Fsp3) is 0.267.